The van der Waals surface area contributed by atoms with Crippen molar-refractivity contribution in [2.24, 2.45) is 0 Å². The van der Waals surface area contributed by atoms with Gasteiger partial charge in [0.05, 0.1) is 19.6 Å². The van der Waals surface area contributed by atoms with Gasteiger partial charge in [0.15, 0.2) is 0 Å². The topological polar surface area (TPSA) is 68.4 Å². The summed E-state index contributed by atoms with van der Waals surface area (Å²) in [6.45, 7) is 5.94. The molecule has 5 nitrogen and oxygen atoms in total. The Hall–Kier alpha value is -1.78. The van der Waals surface area contributed by atoms with Gasteiger partial charge >= 0.3 is 11.9 Å². The number of H-pyrrole nitrogens is 1. The van der Waals surface area contributed by atoms with E-state index >= 15 is 0 Å². The molecule has 0 saturated carbocycles. The second kappa shape index (κ2) is 6.08. The van der Waals surface area contributed by atoms with Gasteiger partial charge < -0.3 is 14.5 Å². The third-order valence-electron chi connectivity index (χ3n) is 2.32. The molecule has 1 aromatic rings. The van der Waals surface area contributed by atoms with E-state index in [1.165, 1.54) is 0 Å². The molecule has 0 aromatic carbocycles. The number of rotatable bonds is 5. The van der Waals surface area contributed by atoms with E-state index in [2.05, 4.69) is 4.98 Å². The van der Waals surface area contributed by atoms with Crippen molar-refractivity contribution < 1.29 is 19.1 Å². The van der Waals surface area contributed by atoms with Gasteiger partial charge in [-0.1, -0.05) is 0 Å². The average Bonchev–Trinajstić information content (AvgIpc) is 2.61. The summed E-state index contributed by atoms with van der Waals surface area (Å²) in [5.74, 6) is -0.791. The van der Waals surface area contributed by atoms with Crippen LogP contribution in [0.4, 0.5) is 0 Å². The molecule has 0 fully saturated rings. The van der Waals surface area contributed by atoms with E-state index in [4.69, 9.17) is 9.47 Å². The number of aryl methyl sites for hydroxylation is 1. The summed E-state index contributed by atoms with van der Waals surface area (Å²) in [6.07, 6.45) is 1.76. The van der Waals surface area contributed by atoms with E-state index in [0.29, 0.717) is 24.5 Å². The highest BCUT2D eigenvalue weighted by Crippen LogP contribution is 2.15. The Balaban J connectivity index is 2.86. The Kier molecular flexibility index (Phi) is 4.75. The molecule has 5 heteroatoms. The molecule has 0 amide bonds. The summed E-state index contributed by atoms with van der Waals surface area (Å²) in [4.78, 5) is 25.8. The highest BCUT2D eigenvalue weighted by molar-refractivity contribution is 5.91. The summed E-state index contributed by atoms with van der Waals surface area (Å²) in [5.41, 5.74) is 1.82. The zero-order chi connectivity index (χ0) is 12.8. The molecule has 1 rings (SSSR count). The first-order valence-corrected chi connectivity index (χ1v) is 5.59. The van der Waals surface area contributed by atoms with Crippen molar-refractivity contribution in [2.45, 2.75) is 27.2 Å². The predicted molar refractivity (Wildman–Crippen MR) is 61.8 cm³/mol. The standard InChI is InChI=1S/C12H17NO4/c1-4-16-10(14)6-9-8(3)7-13-11(9)12(15)17-5-2/h7,13H,4-6H2,1-3H3. The maximum absolute atomic E-state index is 11.6. The molecule has 1 N–H and O–H groups in total. The fraction of sp³-hybridized carbons (Fsp3) is 0.500. The average molecular weight is 239 g/mol. The summed E-state index contributed by atoms with van der Waals surface area (Å²) in [7, 11) is 0. The number of aromatic nitrogens is 1. The van der Waals surface area contributed by atoms with Gasteiger partial charge in [0, 0.05) is 6.20 Å². The van der Waals surface area contributed by atoms with Crippen molar-refractivity contribution in [1.29, 1.82) is 0 Å². The molecule has 17 heavy (non-hydrogen) atoms. The SMILES string of the molecule is CCOC(=O)Cc1c(C)c[nH]c1C(=O)OCC. The first-order chi connectivity index (χ1) is 8.10. The van der Waals surface area contributed by atoms with Gasteiger partial charge in [-0.3, -0.25) is 4.79 Å². The van der Waals surface area contributed by atoms with Gasteiger partial charge in [-0.25, -0.2) is 4.79 Å². The van der Waals surface area contributed by atoms with Crippen molar-refractivity contribution in [1.82, 2.24) is 4.98 Å². The molecule has 1 aromatic heterocycles. The Bertz CT molecular complexity index is 409. The minimum Gasteiger partial charge on any atom is -0.466 e. The van der Waals surface area contributed by atoms with Gasteiger partial charge in [0.1, 0.15) is 5.69 Å². The lowest BCUT2D eigenvalue weighted by molar-refractivity contribution is -0.142. The maximum Gasteiger partial charge on any atom is 0.355 e. The molecule has 0 spiro atoms. The summed E-state index contributed by atoms with van der Waals surface area (Å²) in [6, 6.07) is 0. The zero-order valence-electron chi connectivity index (χ0n) is 10.3. The first kappa shape index (κ1) is 13.3. The smallest absolute Gasteiger partial charge is 0.355 e. The third-order valence-corrected chi connectivity index (χ3v) is 2.32. The molecule has 0 atom stereocenters. The fourth-order valence-electron chi connectivity index (χ4n) is 1.52. The fourth-order valence-corrected chi connectivity index (χ4v) is 1.52. The molecule has 0 bridgehead atoms. The monoisotopic (exact) mass is 239 g/mol. The van der Waals surface area contributed by atoms with Crippen LogP contribution in [-0.2, 0) is 20.7 Å². The Morgan fingerprint density at radius 2 is 1.88 bits per heavy atom. The first-order valence-electron chi connectivity index (χ1n) is 5.59. The number of hydrogen-bond donors (Lipinski definition) is 1. The Labute approximate surface area is 100 Å². The predicted octanol–water partition coefficient (Wildman–Crippen LogP) is 1.61. The number of esters is 2. The second-order valence-electron chi connectivity index (χ2n) is 3.53. The van der Waals surface area contributed by atoms with Crippen LogP contribution in [0.2, 0.25) is 0 Å². The van der Waals surface area contributed by atoms with Crippen molar-refractivity contribution in [3.63, 3.8) is 0 Å². The number of carbonyl (C=O) groups is 2. The molecule has 0 radical (unpaired) electrons. The summed E-state index contributed by atoms with van der Waals surface area (Å²) < 4.78 is 9.76. The number of carbonyl (C=O) groups excluding carboxylic acids is 2. The normalized spacial score (nSPS) is 10.1. The molecular weight excluding hydrogens is 222 g/mol. The molecule has 0 saturated heterocycles. The number of nitrogens with one attached hydrogen (secondary N) is 1. The minimum absolute atomic E-state index is 0.0807. The lowest BCUT2D eigenvalue weighted by Crippen LogP contribution is -2.13. The summed E-state index contributed by atoms with van der Waals surface area (Å²) in [5, 5.41) is 0. The van der Waals surface area contributed by atoms with Crippen molar-refractivity contribution in [3.8, 4) is 0 Å². The lowest BCUT2D eigenvalue weighted by Gasteiger charge is -2.05. The van der Waals surface area contributed by atoms with Crippen LogP contribution in [0.1, 0.15) is 35.5 Å². The molecule has 1 heterocycles. The van der Waals surface area contributed by atoms with Crippen LogP contribution < -0.4 is 0 Å². The molecule has 0 aliphatic heterocycles. The van der Waals surface area contributed by atoms with Gasteiger partial charge in [-0.05, 0) is 31.9 Å². The second-order valence-corrected chi connectivity index (χ2v) is 3.53. The van der Waals surface area contributed by atoms with Crippen LogP contribution in [0, 0.1) is 6.92 Å². The van der Waals surface area contributed by atoms with Crippen molar-refractivity contribution >= 4 is 11.9 Å². The molecule has 94 valence electrons. The van der Waals surface area contributed by atoms with E-state index < -0.39 is 5.97 Å². The van der Waals surface area contributed by atoms with Crippen molar-refractivity contribution in [3.05, 3.63) is 23.0 Å². The largest absolute Gasteiger partial charge is 0.466 e. The van der Waals surface area contributed by atoms with Crippen LogP contribution in [0.3, 0.4) is 0 Å². The van der Waals surface area contributed by atoms with E-state index in [1.807, 2.05) is 6.92 Å². The number of hydrogen-bond acceptors (Lipinski definition) is 4. The van der Waals surface area contributed by atoms with Crippen LogP contribution in [0.5, 0.6) is 0 Å². The van der Waals surface area contributed by atoms with E-state index in [1.54, 1.807) is 20.0 Å². The highest BCUT2D eigenvalue weighted by Gasteiger charge is 2.19. The van der Waals surface area contributed by atoms with E-state index in [0.717, 1.165) is 5.56 Å². The molecule has 0 unspecified atom stereocenters. The Morgan fingerprint density at radius 1 is 1.24 bits per heavy atom. The third kappa shape index (κ3) is 3.34. The Morgan fingerprint density at radius 3 is 2.47 bits per heavy atom. The lowest BCUT2D eigenvalue weighted by atomic mass is 10.1. The molecule has 0 aliphatic rings. The van der Waals surface area contributed by atoms with Gasteiger partial charge in [-0.2, -0.15) is 0 Å². The van der Waals surface area contributed by atoms with Crippen molar-refractivity contribution in [2.75, 3.05) is 13.2 Å². The summed E-state index contributed by atoms with van der Waals surface area (Å²) >= 11 is 0. The van der Waals surface area contributed by atoms with Gasteiger partial charge in [0.2, 0.25) is 0 Å². The van der Waals surface area contributed by atoms with Crippen LogP contribution in [0.15, 0.2) is 6.20 Å². The maximum atomic E-state index is 11.6. The minimum atomic E-state index is -0.445. The van der Waals surface area contributed by atoms with Gasteiger partial charge in [0.25, 0.3) is 0 Å². The van der Waals surface area contributed by atoms with Crippen LogP contribution in [0.25, 0.3) is 0 Å². The van der Waals surface area contributed by atoms with Gasteiger partial charge in [-0.15, -0.1) is 0 Å². The quantitative estimate of drug-likeness (QED) is 0.792. The van der Waals surface area contributed by atoms with Crippen LogP contribution >= 0.6 is 0 Å². The number of ether oxygens (including phenoxy) is 2. The number of aromatic amines is 1. The van der Waals surface area contributed by atoms with E-state index in [9.17, 15) is 9.59 Å². The molecule has 0 aliphatic carbocycles. The molecular formula is C12H17NO4. The highest BCUT2D eigenvalue weighted by atomic mass is 16.5. The zero-order valence-corrected chi connectivity index (χ0v) is 10.3. The van der Waals surface area contributed by atoms with Crippen LogP contribution in [-0.4, -0.2) is 30.1 Å². The van der Waals surface area contributed by atoms with E-state index in [-0.39, 0.29) is 12.4 Å².